The van der Waals surface area contributed by atoms with Crippen LogP contribution in [0.5, 0.6) is 23.1 Å². The predicted octanol–water partition coefficient (Wildman–Crippen LogP) is 4.59. The SMILES string of the molecule is COc1ccc(Cn2nc(Oc3cccc(C(=O)N4CCN(c5ncc(C(F)(F)F)cn5)CC4)c3)c(O)c(C(F)(F)F)c2=O)cc1. The van der Waals surface area contributed by atoms with Crippen molar-refractivity contribution in [2.24, 2.45) is 0 Å². The number of amides is 1. The standard InChI is InChI=1S/C29H24F6N6O5/c1-45-20-7-5-17(6-8-20)16-41-26(44)22(29(33,34)35)23(42)24(38-41)46-21-4-2-3-18(13-21)25(43)39-9-11-40(12-10-39)27-36-14-19(15-37-27)28(30,31)32/h2-8,13-15,42H,9-12,16H2,1H3. The van der Waals surface area contributed by atoms with Gasteiger partial charge in [-0.25, -0.2) is 14.6 Å². The Labute approximate surface area is 256 Å². The van der Waals surface area contributed by atoms with E-state index in [1.807, 2.05) is 0 Å². The first-order valence-electron chi connectivity index (χ1n) is 13.5. The van der Waals surface area contributed by atoms with Crippen molar-refractivity contribution in [1.29, 1.82) is 0 Å². The number of ether oxygens (including phenoxy) is 2. The second-order valence-corrected chi connectivity index (χ2v) is 10.0. The highest BCUT2D eigenvalue weighted by atomic mass is 19.4. The van der Waals surface area contributed by atoms with Gasteiger partial charge in [-0.1, -0.05) is 18.2 Å². The van der Waals surface area contributed by atoms with Crippen molar-refractivity contribution in [2.75, 3.05) is 38.2 Å². The number of benzene rings is 2. The molecular weight excluding hydrogens is 626 g/mol. The molecule has 1 N–H and O–H groups in total. The number of anilines is 1. The highest BCUT2D eigenvalue weighted by Gasteiger charge is 2.41. The number of methoxy groups -OCH3 is 1. The van der Waals surface area contributed by atoms with Crippen LogP contribution in [0.3, 0.4) is 0 Å². The zero-order valence-electron chi connectivity index (χ0n) is 23.8. The molecule has 11 nitrogen and oxygen atoms in total. The van der Waals surface area contributed by atoms with E-state index in [2.05, 4.69) is 15.1 Å². The number of aromatic hydroxyl groups is 1. The van der Waals surface area contributed by atoms with Crippen molar-refractivity contribution < 1.29 is 45.7 Å². The molecule has 0 saturated carbocycles. The van der Waals surface area contributed by atoms with Gasteiger partial charge in [0.05, 0.1) is 19.2 Å². The largest absolute Gasteiger partial charge is 0.502 e. The Morgan fingerprint density at radius 3 is 2.15 bits per heavy atom. The lowest BCUT2D eigenvalue weighted by Gasteiger charge is -2.34. The molecule has 0 aliphatic carbocycles. The van der Waals surface area contributed by atoms with E-state index in [0.717, 1.165) is 0 Å². The molecule has 0 bridgehead atoms. The number of halogens is 6. The maximum atomic E-state index is 13.8. The van der Waals surface area contributed by atoms with Crippen LogP contribution in [-0.4, -0.2) is 69.0 Å². The number of carbonyl (C=O) groups is 1. The quantitative estimate of drug-likeness (QED) is 0.286. The third-order valence-electron chi connectivity index (χ3n) is 6.98. The normalized spacial score (nSPS) is 13.9. The van der Waals surface area contributed by atoms with Crippen molar-refractivity contribution in [2.45, 2.75) is 18.9 Å². The molecular formula is C29H24F6N6O5. The highest BCUT2D eigenvalue weighted by molar-refractivity contribution is 5.94. The molecule has 17 heteroatoms. The monoisotopic (exact) mass is 650 g/mol. The number of hydrogen-bond donors (Lipinski definition) is 1. The Hall–Kier alpha value is -5.35. The number of aromatic nitrogens is 4. The second-order valence-electron chi connectivity index (χ2n) is 10.0. The van der Waals surface area contributed by atoms with Gasteiger partial charge in [0.25, 0.3) is 17.3 Å². The molecule has 5 rings (SSSR count). The van der Waals surface area contributed by atoms with Crippen LogP contribution in [0, 0.1) is 0 Å². The Balaban J connectivity index is 1.33. The number of rotatable bonds is 7. The van der Waals surface area contributed by atoms with Gasteiger partial charge in [-0.15, -0.1) is 5.10 Å². The summed E-state index contributed by atoms with van der Waals surface area (Å²) in [6, 6.07) is 11.6. The first-order chi connectivity index (χ1) is 21.7. The molecule has 0 radical (unpaired) electrons. The zero-order valence-corrected chi connectivity index (χ0v) is 23.8. The molecule has 46 heavy (non-hydrogen) atoms. The number of piperazine rings is 1. The van der Waals surface area contributed by atoms with Gasteiger partial charge in [0.2, 0.25) is 5.95 Å². The van der Waals surface area contributed by atoms with E-state index in [0.29, 0.717) is 28.4 Å². The Morgan fingerprint density at radius 2 is 1.57 bits per heavy atom. The summed E-state index contributed by atoms with van der Waals surface area (Å²) in [5.74, 6) is -2.46. The van der Waals surface area contributed by atoms with Gasteiger partial charge in [0.1, 0.15) is 11.5 Å². The van der Waals surface area contributed by atoms with Crippen LogP contribution in [0.25, 0.3) is 0 Å². The summed E-state index contributed by atoms with van der Waals surface area (Å²) in [4.78, 5) is 36.5. The number of nitrogens with zero attached hydrogens (tertiary/aromatic N) is 6. The molecule has 0 atom stereocenters. The van der Waals surface area contributed by atoms with Crippen LogP contribution in [0.1, 0.15) is 27.0 Å². The van der Waals surface area contributed by atoms with E-state index in [9.17, 15) is 41.0 Å². The van der Waals surface area contributed by atoms with Crippen LogP contribution in [-0.2, 0) is 18.9 Å². The minimum atomic E-state index is -5.24. The van der Waals surface area contributed by atoms with E-state index >= 15 is 0 Å². The summed E-state index contributed by atoms with van der Waals surface area (Å²) in [7, 11) is 1.44. The summed E-state index contributed by atoms with van der Waals surface area (Å²) in [5.41, 5.74) is -3.93. The summed E-state index contributed by atoms with van der Waals surface area (Å²) in [6.07, 6.45) is -8.45. The Kier molecular flexibility index (Phi) is 8.76. The van der Waals surface area contributed by atoms with Gasteiger partial charge in [0.15, 0.2) is 11.3 Å². The minimum Gasteiger partial charge on any atom is -0.502 e. The fourth-order valence-corrected chi connectivity index (χ4v) is 4.60. The van der Waals surface area contributed by atoms with E-state index in [4.69, 9.17) is 9.47 Å². The lowest BCUT2D eigenvalue weighted by atomic mass is 10.1. The fraction of sp³-hybridized carbons (Fsp3) is 0.276. The fourth-order valence-electron chi connectivity index (χ4n) is 4.60. The maximum absolute atomic E-state index is 13.8. The molecule has 2 aromatic heterocycles. The highest BCUT2D eigenvalue weighted by Crippen LogP contribution is 2.39. The third-order valence-corrected chi connectivity index (χ3v) is 6.98. The molecule has 1 saturated heterocycles. The molecule has 1 amide bonds. The molecule has 242 valence electrons. The van der Waals surface area contributed by atoms with Crippen LogP contribution in [0.4, 0.5) is 32.3 Å². The first-order valence-corrected chi connectivity index (χ1v) is 13.5. The summed E-state index contributed by atoms with van der Waals surface area (Å²) in [6.45, 7) is 0.399. The summed E-state index contributed by atoms with van der Waals surface area (Å²) >= 11 is 0. The third kappa shape index (κ3) is 6.97. The Bertz CT molecular complexity index is 1770. The number of hydrogen-bond acceptors (Lipinski definition) is 9. The first kappa shape index (κ1) is 32.1. The van der Waals surface area contributed by atoms with E-state index in [-0.39, 0.29) is 50.0 Å². The number of carbonyl (C=O) groups excluding carboxylic acids is 1. The van der Waals surface area contributed by atoms with Gasteiger partial charge < -0.3 is 24.4 Å². The molecule has 1 aliphatic rings. The lowest BCUT2D eigenvalue weighted by Crippen LogP contribution is -2.49. The van der Waals surface area contributed by atoms with Crippen LogP contribution >= 0.6 is 0 Å². The molecule has 3 heterocycles. The molecule has 1 aliphatic heterocycles. The van der Waals surface area contributed by atoms with E-state index in [1.54, 1.807) is 17.0 Å². The van der Waals surface area contributed by atoms with Crippen LogP contribution in [0.2, 0.25) is 0 Å². The van der Waals surface area contributed by atoms with Gasteiger partial charge in [-0.3, -0.25) is 9.59 Å². The van der Waals surface area contributed by atoms with Crippen molar-refractivity contribution in [3.05, 3.63) is 93.5 Å². The second kappa shape index (κ2) is 12.6. The molecule has 2 aromatic carbocycles. The van der Waals surface area contributed by atoms with Crippen molar-refractivity contribution in [3.8, 4) is 23.1 Å². The predicted molar refractivity (Wildman–Crippen MR) is 149 cm³/mol. The average molecular weight is 651 g/mol. The van der Waals surface area contributed by atoms with Crippen molar-refractivity contribution >= 4 is 11.9 Å². The lowest BCUT2D eigenvalue weighted by molar-refractivity contribution is -0.140. The molecule has 0 spiro atoms. The zero-order chi connectivity index (χ0) is 33.2. The van der Waals surface area contributed by atoms with Crippen LogP contribution in [0.15, 0.2) is 65.7 Å². The smallest absolute Gasteiger partial charge is 0.425 e. The van der Waals surface area contributed by atoms with Crippen molar-refractivity contribution in [3.63, 3.8) is 0 Å². The molecule has 4 aromatic rings. The topological polar surface area (TPSA) is 123 Å². The van der Waals surface area contributed by atoms with Gasteiger partial charge in [-0.2, -0.15) is 26.3 Å². The van der Waals surface area contributed by atoms with Gasteiger partial charge in [0, 0.05) is 44.1 Å². The number of alkyl halides is 6. The average Bonchev–Trinajstić information content (AvgIpc) is 3.02. The maximum Gasteiger partial charge on any atom is 0.425 e. The summed E-state index contributed by atoms with van der Waals surface area (Å²) < 4.78 is 91.0. The summed E-state index contributed by atoms with van der Waals surface area (Å²) in [5, 5.41) is 14.2. The van der Waals surface area contributed by atoms with Gasteiger partial charge >= 0.3 is 12.4 Å². The van der Waals surface area contributed by atoms with Crippen LogP contribution < -0.4 is 19.9 Å². The van der Waals surface area contributed by atoms with E-state index in [1.165, 1.54) is 48.4 Å². The molecule has 1 fully saturated rings. The minimum absolute atomic E-state index is 0.0781. The Morgan fingerprint density at radius 1 is 0.913 bits per heavy atom. The molecule has 0 unspecified atom stereocenters. The van der Waals surface area contributed by atoms with Gasteiger partial charge in [-0.05, 0) is 35.9 Å². The van der Waals surface area contributed by atoms with Crippen molar-refractivity contribution in [1.82, 2.24) is 24.6 Å². The van der Waals surface area contributed by atoms with E-state index < -0.39 is 46.6 Å².